The zero-order valence-electron chi connectivity index (χ0n) is 9.11. The number of piperidine rings is 1. The molecule has 0 bridgehead atoms. The quantitative estimate of drug-likeness (QED) is 0.536. The summed E-state index contributed by atoms with van der Waals surface area (Å²) in [6.45, 7) is 3.62. The average Bonchev–Trinajstić information content (AvgIpc) is 2.27. The molecule has 0 aromatic rings. The molecule has 4 N–H and O–H groups in total. The monoisotopic (exact) mass is 215 g/mol. The molecule has 0 aromatic carbocycles. The number of nitrogens with two attached hydrogens (primary N) is 1. The first-order valence-corrected chi connectivity index (χ1v) is 5.59. The van der Waals surface area contributed by atoms with Crippen LogP contribution in [0.5, 0.6) is 0 Å². The van der Waals surface area contributed by atoms with Gasteiger partial charge in [0.25, 0.3) is 0 Å². The molecular weight excluding hydrogens is 194 g/mol. The fourth-order valence-corrected chi connectivity index (χ4v) is 1.95. The summed E-state index contributed by atoms with van der Waals surface area (Å²) in [6.07, 6.45) is 1.97. The van der Waals surface area contributed by atoms with E-state index in [1.54, 1.807) is 0 Å². The molecule has 1 heterocycles. The summed E-state index contributed by atoms with van der Waals surface area (Å²) in [5.74, 6) is 0.167. The zero-order valence-corrected chi connectivity index (χ0v) is 9.11. The van der Waals surface area contributed by atoms with E-state index in [0.717, 1.165) is 25.9 Å². The van der Waals surface area contributed by atoms with Crippen LogP contribution in [-0.2, 0) is 4.79 Å². The Bertz CT molecular complexity index is 197. The van der Waals surface area contributed by atoms with Crippen LogP contribution in [0.4, 0.5) is 0 Å². The number of aliphatic hydroxyl groups excluding tert-OH is 1. The van der Waals surface area contributed by atoms with Gasteiger partial charge < -0.3 is 21.1 Å². The lowest BCUT2D eigenvalue weighted by Crippen LogP contribution is -2.44. The first kappa shape index (κ1) is 12.4. The van der Waals surface area contributed by atoms with Gasteiger partial charge in [0.15, 0.2) is 0 Å². The number of carbonyl (C=O) groups is 1. The molecule has 0 saturated carbocycles. The summed E-state index contributed by atoms with van der Waals surface area (Å²) in [7, 11) is 0. The summed E-state index contributed by atoms with van der Waals surface area (Å²) < 4.78 is 0. The smallest absolute Gasteiger partial charge is 0.224 e. The minimum Gasteiger partial charge on any atom is -0.395 e. The van der Waals surface area contributed by atoms with E-state index in [9.17, 15) is 4.79 Å². The summed E-state index contributed by atoms with van der Waals surface area (Å²) in [6, 6.07) is 0. The van der Waals surface area contributed by atoms with Gasteiger partial charge in [-0.2, -0.15) is 0 Å². The maximum absolute atomic E-state index is 11.7. The maximum Gasteiger partial charge on any atom is 0.224 e. The lowest BCUT2D eigenvalue weighted by Gasteiger charge is -2.31. The van der Waals surface area contributed by atoms with Crippen LogP contribution < -0.4 is 11.1 Å². The Morgan fingerprint density at radius 3 is 3.07 bits per heavy atom. The highest BCUT2D eigenvalue weighted by Gasteiger charge is 2.24. The molecule has 0 spiro atoms. The zero-order chi connectivity index (χ0) is 11.1. The van der Waals surface area contributed by atoms with E-state index in [1.165, 1.54) is 0 Å². The molecule has 0 aromatic heterocycles. The molecular formula is C10H21N3O2. The number of nitrogens with one attached hydrogen (secondary N) is 1. The highest BCUT2D eigenvalue weighted by atomic mass is 16.3. The van der Waals surface area contributed by atoms with Crippen molar-refractivity contribution in [2.45, 2.75) is 12.8 Å². The van der Waals surface area contributed by atoms with Gasteiger partial charge in [0.05, 0.1) is 12.5 Å². The van der Waals surface area contributed by atoms with Crippen LogP contribution >= 0.6 is 0 Å². The molecule has 1 aliphatic rings. The van der Waals surface area contributed by atoms with Crippen molar-refractivity contribution in [2.75, 3.05) is 39.3 Å². The number of β-amino-alcohol motifs (C(OH)–C–C–N with tert-alkyl or cyclic N) is 1. The molecule has 5 heteroatoms. The molecule has 0 radical (unpaired) electrons. The van der Waals surface area contributed by atoms with Crippen molar-refractivity contribution in [3.63, 3.8) is 0 Å². The molecule has 0 aliphatic carbocycles. The largest absolute Gasteiger partial charge is 0.395 e. The summed E-state index contributed by atoms with van der Waals surface area (Å²) in [5.41, 5.74) is 5.32. The van der Waals surface area contributed by atoms with Crippen molar-refractivity contribution in [1.82, 2.24) is 10.2 Å². The van der Waals surface area contributed by atoms with Crippen LogP contribution in [-0.4, -0.2) is 55.2 Å². The molecule has 88 valence electrons. The Labute approximate surface area is 90.6 Å². The number of amides is 1. The Morgan fingerprint density at radius 1 is 1.60 bits per heavy atom. The maximum atomic E-state index is 11.7. The van der Waals surface area contributed by atoms with Gasteiger partial charge in [-0.05, 0) is 19.4 Å². The molecule has 5 nitrogen and oxygen atoms in total. The SMILES string of the molecule is NCCNC(=O)C1CCCN(CCO)C1. The Morgan fingerprint density at radius 2 is 2.40 bits per heavy atom. The Balaban J connectivity index is 2.31. The van der Waals surface area contributed by atoms with Crippen molar-refractivity contribution >= 4 is 5.91 Å². The molecule has 1 fully saturated rings. The third kappa shape index (κ3) is 4.15. The van der Waals surface area contributed by atoms with E-state index in [0.29, 0.717) is 19.6 Å². The summed E-state index contributed by atoms with van der Waals surface area (Å²) >= 11 is 0. The van der Waals surface area contributed by atoms with Crippen LogP contribution in [0.3, 0.4) is 0 Å². The van der Waals surface area contributed by atoms with E-state index in [1.807, 2.05) is 0 Å². The number of aliphatic hydroxyl groups is 1. The molecule has 1 amide bonds. The predicted octanol–water partition coefficient (Wildman–Crippen LogP) is -1.23. The van der Waals surface area contributed by atoms with Gasteiger partial charge in [0, 0.05) is 26.2 Å². The van der Waals surface area contributed by atoms with Gasteiger partial charge in [0.2, 0.25) is 5.91 Å². The van der Waals surface area contributed by atoms with Crippen molar-refractivity contribution in [3.05, 3.63) is 0 Å². The highest BCUT2D eigenvalue weighted by Crippen LogP contribution is 2.15. The molecule has 15 heavy (non-hydrogen) atoms. The topological polar surface area (TPSA) is 78.6 Å². The van der Waals surface area contributed by atoms with Crippen molar-refractivity contribution in [2.24, 2.45) is 11.7 Å². The third-order valence-corrected chi connectivity index (χ3v) is 2.74. The second-order valence-electron chi connectivity index (χ2n) is 3.94. The molecule has 1 atom stereocenters. The molecule has 1 rings (SSSR count). The van der Waals surface area contributed by atoms with E-state index in [2.05, 4.69) is 10.2 Å². The Hall–Kier alpha value is -0.650. The van der Waals surface area contributed by atoms with Gasteiger partial charge >= 0.3 is 0 Å². The van der Waals surface area contributed by atoms with E-state index < -0.39 is 0 Å². The molecule has 1 unspecified atom stereocenters. The van der Waals surface area contributed by atoms with Crippen molar-refractivity contribution in [1.29, 1.82) is 0 Å². The van der Waals surface area contributed by atoms with Gasteiger partial charge in [-0.3, -0.25) is 4.79 Å². The third-order valence-electron chi connectivity index (χ3n) is 2.74. The minimum atomic E-state index is 0.0665. The van der Waals surface area contributed by atoms with Crippen LogP contribution in [0, 0.1) is 5.92 Å². The van der Waals surface area contributed by atoms with Gasteiger partial charge in [-0.1, -0.05) is 0 Å². The van der Waals surface area contributed by atoms with Gasteiger partial charge in [-0.15, -0.1) is 0 Å². The van der Waals surface area contributed by atoms with E-state index in [4.69, 9.17) is 10.8 Å². The number of carbonyl (C=O) groups excluding carboxylic acids is 1. The first-order valence-electron chi connectivity index (χ1n) is 5.59. The number of hydrogen-bond acceptors (Lipinski definition) is 4. The lowest BCUT2D eigenvalue weighted by molar-refractivity contribution is -0.126. The highest BCUT2D eigenvalue weighted by molar-refractivity contribution is 5.78. The normalized spacial score (nSPS) is 22.7. The number of rotatable bonds is 5. The first-order chi connectivity index (χ1) is 7.27. The average molecular weight is 215 g/mol. The molecule has 1 saturated heterocycles. The molecule has 1 aliphatic heterocycles. The second kappa shape index (κ2) is 6.76. The second-order valence-corrected chi connectivity index (χ2v) is 3.94. The van der Waals surface area contributed by atoms with Crippen LogP contribution in [0.25, 0.3) is 0 Å². The van der Waals surface area contributed by atoms with Crippen molar-refractivity contribution < 1.29 is 9.90 Å². The lowest BCUT2D eigenvalue weighted by atomic mass is 9.97. The van der Waals surface area contributed by atoms with Crippen LogP contribution in [0.1, 0.15) is 12.8 Å². The van der Waals surface area contributed by atoms with Crippen molar-refractivity contribution in [3.8, 4) is 0 Å². The fraction of sp³-hybridized carbons (Fsp3) is 0.900. The number of hydrogen-bond donors (Lipinski definition) is 3. The van der Waals surface area contributed by atoms with Crippen LogP contribution in [0.2, 0.25) is 0 Å². The van der Waals surface area contributed by atoms with Gasteiger partial charge in [-0.25, -0.2) is 0 Å². The Kier molecular flexibility index (Phi) is 5.60. The number of likely N-dealkylation sites (tertiary alicyclic amines) is 1. The van der Waals surface area contributed by atoms with E-state index >= 15 is 0 Å². The fourth-order valence-electron chi connectivity index (χ4n) is 1.95. The minimum absolute atomic E-state index is 0.0665. The predicted molar refractivity (Wildman–Crippen MR) is 58.3 cm³/mol. The number of nitrogens with zero attached hydrogens (tertiary/aromatic N) is 1. The van der Waals surface area contributed by atoms with Crippen LogP contribution in [0.15, 0.2) is 0 Å². The van der Waals surface area contributed by atoms with Gasteiger partial charge in [0.1, 0.15) is 0 Å². The standard InChI is InChI=1S/C10H21N3O2/c11-3-4-12-10(15)9-2-1-5-13(8-9)6-7-14/h9,14H,1-8,11H2,(H,12,15). The van der Waals surface area contributed by atoms with E-state index in [-0.39, 0.29) is 18.4 Å². The summed E-state index contributed by atoms with van der Waals surface area (Å²) in [5, 5.41) is 11.6. The summed E-state index contributed by atoms with van der Waals surface area (Å²) in [4.78, 5) is 13.8.